The quantitative estimate of drug-likeness (QED) is 0.855. The van der Waals surface area contributed by atoms with E-state index in [1.165, 1.54) is 11.1 Å². The number of aryl methyl sites for hydroxylation is 1. The first-order valence-corrected chi connectivity index (χ1v) is 7.56. The first-order valence-electron chi connectivity index (χ1n) is 7.18. The topological polar surface area (TPSA) is 21.3 Å². The van der Waals surface area contributed by atoms with Gasteiger partial charge in [-0.15, -0.1) is 0 Å². The average molecular weight is 304 g/mol. The number of hydrogen-bond donors (Lipinski definition) is 1. The van der Waals surface area contributed by atoms with Crippen LogP contribution in [0.4, 0.5) is 0 Å². The molecule has 0 bridgehead atoms. The Morgan fingerprint density at radius 3 is 2.52 bits per heavy atom. The van der Waals surface area contributed by atoms with Crippen molar-refractivity contribution in [1.29, 1.82) is 0 Å². The molecule has 0 aromatic heterocycles. The van der Waals surface area contributed by atoms with E-state index < -0.39 is 0 Å². The molecule has 0 aliphatic rings. The van der Waals surface area contributed by atoms with Crippen molar-refractivity contribution in [3.05, 3.63) is 52.5 Å². The van der Waals surface area contributed by atoms with Gasteiger partial charge in [-0.3, -0.25) is 0 Å². The van der Waals surface area contributed by atoms with Crippen molar-refractivity contribution in [1.82, 2.24) is 5.32 Å². The second-order valence-corrected chi connectivity index (χ2v) is 5.93. The summed E-state index contributed by atoms with van der Waals surface area (Å²) in [5.74, 6) is 0.873. The van der Waals surface area contributed by atoms with Crippen LogP contribution in [-0.4, -0.2) is 13.2 Å². The highest BCUT2D eigenvalue weighted by Gasteiger charge is 2.09. The summed E-state index contributed by atoms with van der Waals surface area (Å²) in [6, 6.07) is 12.8. The molecule has 3 heteroatoms. The van der Waals surface area contributed by atoms with Crippen molar-refractivity contribution in [3.63, 3.8) is 0 Å². The molecule has 1 N–H and O–H groups in total. The zero-order valence-electron chi connectivity index (χ0n) is 13.0. The second-order valence-electron chi connectivity index (χ2n) is 5.52. The van der Waals surface area contributed by atoms with E-state index in [0.29, 0.717) is 6.04 Å². The fraction of sp³-hybridized carbons (Fsp3) is 0.333. The number of methoxy groups -OCH3 is 1. The van der Waals surface area contributed by atoms with Crippen LogP contribution in [0.1, 0.15) is 25.0 Å². The molecule has 2 nitrogen and oxygen atoms in total. The number of hydrogen-bond acceptors (Lipinski definition) is 2. The third-order valence-electron chi connectivity index (χ3n) is 3.50. The van der Waals surface area contributed by atoms with Crippen LogP contribution in [0.2, 0.25) is 5.02 Å². The van der Waals surface area contributed by atoms with E-state index in [-0.39, 0.29) is 0 Å². The lowest BCUT2D eigenvalue weighted by Crippen LogP contribution is -2.22. The summed E-state index contributed by atoms with van der Waals surface area (Å²) >= 11 is 6.26. The molecular weight excluding hydrogens is 282 g/mol. The SMILES string of the molecule is COc1ccc(-c2ccc(C)c(Cl)c2)c(CNC(C)C)c1. The van der Waals surface area contributed by atoms with Crippen molar-refractivity contribution in [3.8, 4) is 16.9 Å². The summed E-state index contributed by atoms with van der Waals surface area (Å²) in [5.41, 5.74) is 4.62. The molecule has 2 aromatic carbocycles. The van der Waals surface area contributed by atoms with Crippen molar-refractivity contribution >= 4 is 11.6 Å². The van der Waals surface area contributed by atoms with E-state index in [9.17, 15) is 0 Å². The summed E-state index contributed by atoms with van der Waals surface area (Å²) in [5, 5.41) is 4.26. The lowest BCUT2D eigenvalue weighted by atomic mass is 9.98. The van der Waals surface area contributed by atoms with Crippen LogP contribution in [0, 0.1) is 6.92 Å². The summed E-state index contributed by atoms with van der Waals surface area (Å²) < 4.78 is 5.34. The third-order valence-corrected chi connectivity index (χ3v) is 3.90. The number of rotatable bonds is 5. The molecule has 2 rings (SSSR count). The fourth-order valence-electron chi connectivity index (χ4n) is 2.20. The molecule has 0 saturated heterocycles. The van der Waals surface area contributed by atoms with Crippen LogP contribution in [0.15, 0.2) is 36.4 Å². The van der Waals surface area contributed by atoms with E-state index in [1.54, 1.807) is 7.11 Å². The Kier molecular flexibility index (Phi) is 5.27. The van der Waals surface area contributed by atoms with Gasteiger partial charge in [0.1, 0.15) is 5.75 Å². The first kappa shape index (κ1) is 15.9. The van der Waals surface area contributed by atoms with E-state index in [2.05, 4.69) is 43.4 Å². The Morgan fingerprint density at radius 1 is 1.14 bits per heavy atom. The van der Waals surface area contributed by atoms with Crippen LogP contribution in [-0.2, 0) is 6.54 Å². The summed E-state index contributed by atoms with van der Waals surface area (Å²) in [6.45, 7) is 7.10. The largest absolute Gasteiger partial charge is 0.497 e. The lowest BCUT2D eigenvalue weighted by molar-refractivity contribution is 0.414. The zero-order valence-corrected chi connectivity index (χ0v) is 13.8. The van der Waals surface area contributed by atoms with Crippen molar-refractivity contribution in [2.24, 2.45) is 0 Å². The van der Waals surface area contributed by atoms with Crippen molar-refractivity contribution < 1.29 is 4.74 Å². The molecule has 0 radical (unpaired) electrons. The van der Waals surface area contributed by atoms with Gasteiger partial charge in [0.15, 0.2) is 0 Å². The maximum Gasteiger partial charge on any atom is 0.119 e. The van der Waals surface area contributed by atoms with Crippen LogP contribution < -0.4 is 10.1 Å². The molecule has 0 atom stereocenters. The van der Waals surface area contributed by atoms with E-state index >= 15 is 0 Å². The zero-order chi connectivity index (χ0) is 15.4. The predicted octanol–water partition coefficient (Wildman–Crippen LogP) is 4.82. The second kappa shape index (κ2) is 6.97. The Labute approximate surface area is 132 Å². The summed E-state index contributed by atoms with van der Waals surface area (Å²) in [7, 11) is 1.69. The molecule has 2 aromatic rings. The third kappa shape index (κ3) is 3.99. The van der Waals surface area contributed by atoms with Gasteiger partial charge in [0, 0.05) is 17.6 Å². The summed E-state index contributed by atoms with van der Waals surface area (Å²) in [4.78, 5) is 0. The molecule has 0 aliphatic heterocycles. The molecule has 0 unspecified atom stereocenters. The predicted molar refractivity (Wildman–Crippen MR) is 90.2 cm³/mol. The Hall–Kier alpha value is -1.51. The number of halogens is 1. The molecule has 0 aliphatic carbocycles. The van der Waals surface area contributed by atoms with Gasteiger partial charge < -0.3 is 10.1 Å². The molecule has 0 saturated carbocycles. The minimum absolute atomic E-state index is 0.436. The average Bonchev–Trinajstić information content (AvgIpc) is 2.47. The number of ether oxygens (including phenoxy) is 1. The van der Waals surface area contributed by atoms with Gasteiger partial charge in [0.05, 0.1) is 7.11 Å². The highest BCUT2D eigenvalue weighted by Crippen LogP contribution is 2.30. The molecule has 112 valence electrons. The Balaban J connectivity index is 2.42. The monoisotopic (exact) mass is 303 g/mol. The molecule has 0 heterocycles. The highest BCUT2D eigenvalue weighted by molar-refractivity contribution is 6.31. The molecule has 21 heavy (non-hydrogen) atoms. The van der Waals surface area contributed by atoms with Gasteiger partial charge in [0.2, 0.25) is 0 Å². The maximum atomic E-state index is 6.26. The normalized spacial score (nSPS) is 11.0. The Bertz CT molecular complexity index is 623. The molecule has 0 amide bonds. The van der Waals surface area contributed by atoms with E-state index in [4.69, 9.17) is 16.3 Å². The van der Waals surface area contributed by atoms with Gasteiger partial charge in [-0.2, -0.15) is 0 Å². The summed E-state index contributed by atoms with van der Waals surface area (Å²) in [6.07, 6.45) is 0. The van der Waals surface area contributed by atoms with Crippen molar-refractivity contribution in [2.75, 3.05) is 7.11 Å². The number of nitrogens with one attached hydrogen (secondary N) is 1. The Morgan fingerprint density at radius 2 is 1.90 bits per heavy atom. The molecule has 0 fully saturated rings. The van der Waals surface area contributed by atoms with Gasteiger partial charge >= 0.3 is 0 Å². The minimum atomic E-state index is 0.436. The maximum absolute atomic E-state index is 6.26. The van der Waals surface area contributed by atoms with Crippen LogP contribution >= 0.6 is 11.6 Å². The van der Waals surface area contributed by atoms with E-state index in [0.717, 1.165) is 28.4 Å². The van der Waals surface area contributed by atoms with Crippen molar-refractivity contribution in [2.45, 2.75) is 33.4 Å². The molecular formula is C18H22ClNO. The minimum Gasteiger partial charge on any atom is -0.497 e. The number of benzene rings is 2. The van der Waals surface area contributed by atoms with Crippen LogP contribution in [0.5, 0.6) is 5.75 Å². The lowest BCUT2D eigenvalue weighted by Gasteiger charge is -2.15. The van der Waals surface area contributed by atoms with Gasteiger partial charge in [0.25, 0.3) is 0 Å². The smallest absolute Gasteiger partial charge is 0.119 e. The first-order chi connectivity index (χ1) is 10.0. The molecule has 0 spiro atoms. The van der Waals surface area contributed by atoms with Crippen LogP contribution in [0.25, 0.3) is 11.1 Å². The van der Waals surface area contributed by atoms with Crippen LogP contribution in [0.3, 0.4) is 0 Å². The fourth-order valence-corrected chi connectivity index (χ4v) is 2.38. The van der Waals surface area contributed by atoms with Gasteiger partial charge in [-0.05, 0) is 47.4 Å². The highest BCUT2D eigenvalue weighted by atomic mass is 35.5. The standard InChI is InChI=1S/C18H22ClNO/c1-12(2)20-11-15-9-16(21-4)7-8-17(15)14-6-5-13(3)18(19)10-14/h5-10,12,20H,11H2,1-4H3. The van der Waals surface area contributed by atoms with Gasteiger partial charge in [-0.1, -0.05) is 43.6 Å². The van der Waals surface area contributed by atoms with E-state index in [1.807, 2.05) is 19.1 Å². The van der Waals surface area contributed by atoms with Gasteiger partial charge in [-0.25, -0.2) is 0 Å².